The molecule has 0 spiro atoms. The number of hydrogen-bond acceptors (Lipinski definition) is 2. The lowest BCUT2D eigenvalue weighted by atomic mass is 10.1. The maximum Gasteiger partial charge on any atom is 0.122 e. The molecule has 0 heterocycles. The summed E-state index contributed by atoms with van der Waals surface area (Å²) in [4.78, 5) is 0. The van der Waals surface area contributed by atoms with Crippen LogP contribution in [-0.4, -0.2) is 19.7 Å². The first kappa shape index (κ1) is 15.0. The molecule has 0 radical (unpaired) electrons. The second kappa shape index (κ2) is 8.98. The first-order valence-electron chi connectivity index (χ1n) is 7.17. The molecule has 2 nitrogen and oxygen atoms in total. The Morgan fingerprint density at radius 1 is 1.11 bits per heavy atom. The van der Waals surface area contributed by atoms with Crippen molar-refractivity contribution in [1.82, 2.24) is 5.32 Å². The number of para-hydroxylation sites is 1. The molecule has 1 aromatic carbocycles. The van der Waals surface area contributed by atoms with E-state index in [9.17, 15) is 0 Å². The summed E-state index contributed by atoms with van der Waals surface area (Å²) in [6.07, 6.45) is 6.10. The van der Waals surface area contributed by atoms with Crippen LogP contribution in [0.15, 0.2) is 24.3 Å². The Bertz CT molecular complexity index is 319. The van der Waals surface area contributed by atoms with Crippen molar-refractivity contribution in [3.63, 3.8) is 0 Å². The second-order valence-corrected chi connectivity index (χ2v) is 4.79. The third-order valence-electron chi connectivity index (χ3n) is 3.29. The van der Waals surface area contributed by atoms with Crippen LogP contribution in [0.4, 0.5) is 0 Å². The molecular formula is C16H27NO. The third-order valence-corrected chi connectivity index (χ3v) is 3.29. The summed E-state index contributed by atoms with van der Waals surface area (Å²) in [7, 11) is 1.74. The van der Waals surface area contributed by atoms with Crippen molar-refractivity contribution < 1.29 is 4.74 Å². The molecule has 0 atom stereocenters. The lowest BCUT2D eigenvalue weighted by Crippen LogP contribution is -2.30. The van der Waals surface area contributed by atoms with Crippen molar-refractivity contribution in [1.29, 1.82) is 0 Å². The van der Waals surface area contributed by atoms with Gasteiger partial charge in [0, 0.05) is 6.04 Å². The van der Waals surface area contributed by atoms with Gasteiger partial charge in [0.15, 0.2) is 0 Å². The van der Waals surface area contributed by atoms with E-state index in [4.69, 9.17) is 4.74 Å². The average molecular weight is 249 g/mol. The molecule has 2 heteroatoms. The van der Waals surface area contributed by atoms with Crippen LogP contribution in [0.3, 0.4) is 0 Å². The minimum absolute atomic E-state index is 0.676. The molecule has 0 unspecified atom stereocenters. The molecule has 0 fully saturated rings. The summed E-state index contributed by atoms with van der Waals surface area (Å²) in [6, 6.07) is 8.95. The fourth-order valence-corrected chi connectivity index (χ4v) is 2.37. The highest BCUT2D eigenvalue weighted by Gasteiger charge is 2.06. The SMILES string of the molecule is CCCC(CCC)NCCc1ccccc1OC. The predicted molar refractivity (Wildman–Crippen MR) is 78.3 cm³/mol. The summed E-state index contributed by atoms with van der Waals surface area (Å²) in [5.74, 6) is 1.00. The van der Waals surface area contributed by atoms with Crippen molar-refractivity contribution in [2.45, 2.75) is 52.0 Å². The average Bonchev–Trinajstić information content (AvgIpc) is 2.40. The van der Waals surface area contributed by atoms with Crippen LogP contribution in [0.25, 0.3) is 0 Å². The van der Waals surface area contributed by atoms with E-state index >= 15 is 0 Å². The Balaban J connectivity index is 2.39. The molecule has 0 aliphatic rings. The maximum absolute atomic E-state index is 5.37. The molecule has 0 aromatic heterocycles. The Hall–Kier alpha value is -1.02. The monoisotopic (exact) mass is 249 g/mol. The Kier molecular flexibility index (Phi) is 7.51. The highest BCUT2D eigenvalue weighted by atomic mass is 16.5. The van der Waals surface area contributed by atoms with Gasteiger partial charge in [0.1, 0.15) is 5.75 Å². The van der Waals surface area contributed by atoms with Crippen LogP contribution in [0, 0.1) is 0 Å². The van der Waals surface area contributed by atoms with Crippen molar-refractivity contribution in [2.24, 2.45) is 0 Å². The zero-order chi connectivity index (χ0) is 13.2. The summed E-state index contributed by atoms with van der Waals surface area (Å²) in [6.45, 7) is 5.54. The Morgan fingerprint density at radius 2 is 1.78 bits per heavy atom. The van der Waals surface area contributed by atoms with Gasteiger partial charge >= 0.3 is 0 Å². The van der Waals surface area contributed by atoms with E-state index in [0.29, 0.717) is 6.04 Å². The molecule has 1 aromatic rings. The van der Waals surface area contributed by atoms with Gasteiger partial charge in [-0.05, 0) is 37.4 Å². The van der Waals surface area contributed by atoms with Gasteiger partial charge in [0.25, 0.3) is 0 Å². The highest BCUT2D eigenvalue weighted by molar-refractivity contribution is 5.33. The molecule has 102 valence electrons. The predicted octanol–water partition coefficient (Wildman–Crippen LogP) is 3.80. The highest BCUT2D eigenvalue weighted by Crippen LogP contribution is 2.17. The Morgan fingerprint density at radius 3 is 2.39 bits per heavy atom. The van der Waals surface area contributed by atoms with E-state index in [0.717, 1.165) is 18.7 Å². The van der Waals surface area contributed by atoms with Crippen molar-refractivity contribution in [3.8, 4) is 5.75 Å². The van der Waals surface area contributed by atoms with E-state index in [-0.39, 0.29) is 0 Å². The van der Waals surface area contributed by atoms with Crippen LogP contribution in [0.2, 0.25) is 0 Å². The maximum atomic E-state index is 5.37. The normalized spacial score (nSPS) is 10.9. The first-order chi connectivity index (χ1) is 8.81. The number of rotatable bonds is 9. The molecule has 0 bridgehead atoms. The smallest absolute Gasteiger partial charge is 0.122 e. The standard InChI is InChI=1S/C16H27NO/c1-4-8-15(9-5-2)17-13-12-14-10-6-7-11-16(14)18-3/h6-7,10-11,15,17H,4-5,8-9,12-13H2,1-3H3. The molecule has 1 rings (SSSR count). The van der Waals surface area contributed by atoms with E-state index in [1.165, 1.54) is 31.2 Å². The lowest BCUT2D eigenvalue weighted by Gasteiger charge is -2.17. The topological polar surface area (TPSA) is 21.3 Å². The molecule has 0 aliphatic carbocycles. The van der Waals surface area contributed by atoms with Gasteiger partial charge in [-0.3, -0.25) is 0 Å². The fourth-order valence-electron chi connectivity index (χ4n) is 2.37. The number of ether oxygens (including phenoxy) is 1. The van der Waals surface area contributed by atoms with Crippen molar-refractivity contribution >= 4 is 0 Å². The zero-order valence-electron chi connectivity index (χ0n) is 12.0. The van der Waals surface area contributed by atoms with Crippen LogP contribution < -0.4 is 10.1 Å². The summed E-state index contributed by atoms with van der Waals surface area (Å²) in [5, 5.41) is 3.67. The number of hydrogen-bond donors (Lipinski definition) is 1. The van der Waals surface area contributed by atoms with E-state index in [1.54, 1.807) is 7.11 Å². The van der Waals surface area contributed by atoms with Crippen LogP contribution >= 0.6 is 0 Å². The Labute approximate surface area is 112 Å². The van der Waals surface area contributed by atoms with Crippen LogP contribution in [-0.2, 0) is 6.42 Å². The summed E-state index contributed by atoms with van der Waals surface area (Å²) in [5.41, 5.74) is 1.29. The molecule has 0 saturated heterocycles. The minimum Gasteiger partial charge on any atom is -0.496 e. The van der Waals surface area contributed by atoms with Gasteiger partial charge in [0.2, 0.25) is 0 Å². The molecule has 1 N–H and O–H groups in total. The van der Waals surface area contributed by atoms with Gasteiger partial charge in [-0.25, -0.2) is 0 Å². The number of methoxy groups -OCH3 is 1. The van der Waals surface area contributed by atoms with E-state index in [2.05, 4.69) is 31.3 Å². The largest absolute Gasteiger partial charge is 0.496 e. The van der Waals surface area contributed by atoms with Crippen LogP contribution in [0.5, 0.6) is 5.75 Å². The van der Waals surface area contributed by atoms with Crippen molar-refractivity contribution in [3.05, 3.63) is 29.8 Å². The molecule has 0 aliphatic heterocycles. The van der Waals surface area contributed by atoms with Gasteiger partial charge in [-0.1, -0.05) is 44.9 Å². The number of nitrogens with one attached hydrogen (secondary N) is 1. The lowest BCUT2D eigenvalue weighted by molar-refractivity contribution is 0.406. The van der Waals surface area contributed by atoms with Gasteiger partial charge < -0.3 is 10.1 Å². The molecular weight excluding hydrogens is 222 g/mol. The third kappa shape index (κ3) is 5.09. The van der Waals surface area contributed by atoms with Gasteiger partial charge in [-0.15, -0.1) is 0 Å². The fraction of sp³-hybridized carbons (Fsp3) is 0.625. The van der Waals surface area contributed by atoms with Gasteiger partial charge in [-0.2, -0.15) is 0 Å². The summed E-state index contributed by atoms with van der Waals surface area (Å²) >= 11 is 0. The molecule has 18 heavy (non-hydrogen) atoms. The van der Waals surface area contributed by atoms with E-state index < -0.39 is 0 Å². The number of benzene rings is 1. The molecule has 0 saturated carbocycles. The van der Waals surface area contributed by atoms with Gasteiger partial charge in [0.05, 0.1) is 7.11 Å². The zero-order valence-corrected chi connectivity index (χ0v) is 12.0. The van der Waals surface area contributed by atoms with Crippen molar-refractivity contribution in [2.75, 3.05) is 13.7 Å². The quantitative estimate of drug-likeness (QED) is 0.719. The second-order valence-electron chi connectivity index (χ2n) is 4.79. The molecule has 0 amide bonds. The van der Waals surface area contributed by atoms with E-state index in [1.807, 2.05) is 12.1 Å². The minimum atomic E-state index is 0.676. The summed E-state index contributed by atoms with van der Waals surface area (Å²) < 4.78 is 5.37. The first-order valence-corrected chi connectivity index (χ1v) is 7.17. The van der Waals surface area contributed by atoms with Crippen LogP contribution in [0.1, 0.15) is 45.1 Å².